The molecule has 0 saturated carbocycles. The molecule has 60 valence electrons. The molecular weight excluding hydrogens is 154 g/mol. The zero-order valence-electron chi connectivity index (χ0n) is 6.57. The van der Waals surface area contributed by atoms with Crippen molar-refractivity contribution < 1.29 is 9.32 Å². The van der Waals surface area contributed by atoms with Crippen LogP contribution in [-0.2, 0) is 0 Å². The van der Waals surface area contributed by atoms with E-state index in [9.17, 15) is 4.79 Å². The molecule has 2 aromatic rings. The van der Waals surface area contributed by atoms with Gasteiger partial charge in [-0.3, -0.25) is 4.79 Å². The van der Waals surface area contributed by atoms with Crippen LogP contribution in [0.25, 0.3) is 11.0 Å². The van der Waals surface area contributed by atoms with Gasteiger partial charge in [0.2, 0.25) is 0 Å². The number of nitrogens with zero attached hydrogens (tertiary/aromatic N) is 1. The molecule has 0 spiro atoms. The number of benzene rings is 1. The van der Waals surface area contributed by atoms with Crippen LogP contribution in [0, 0.1) is 6.92 Å². The maximum atomic E-state index is 10.5. The second kappa shape index (κ2) is 2.44. The van der Waals surface area contributed by atoms with Crippen molar-refractivity contribution in [2.45, 2.75) is 6.92 Å². The van der Waals surface area contributed by atoms with Crippen LogP contribution in [0.4, 0.5) is 0 Å². The average Bonchev–Trinajstić information content (AvgIpc) is 2.54. The summed E-state index contributed by atoms with van der Waals surface area (Å²) >= 11 is 0. The predicted molar refractivity (Wildman–Crippen MR) is 44.1 cm³/mol. The molecule has 0 fully saturated rings. The van der Waals surface area contributed by atoms with Crippen molar-refractivity contribution in [2.24, 2.45) is 0 Å². The van der Waals surface area contributed by atoms with E-state index in [0.717, 1.165) is 17.2 Å². The standard InChI is InChI=1S/C9H7NO2/c1-6-2-3-7(5-11)9-8(6)4-10-12-9/h2-5H,1H3. The van der Waals surface area contributed by atoms with Crippen LogP contribution < -0.4 is 0 Å². The highest BCUT2D eigenvalue weighted by atomic mass is 16.5. The van der Waals surface area contributed by atoms with Gasteiger partial charge < -0.3 is 4.52 Å². The fourth-order valence-corrected chi connectivity index (χ4v) is 1.20. The molecule has 1 aromatic carbocycles. The van der Waals surface area contributed by atoms with Gasteiger partial charge >= 0.3 is 0 Å². The van der Waals surface area contributed by atoms with Crippen LogP contribution >= 0.6 is 0 Å². The lowest BCUT2D eigenvalue weighted by atomic mass is 10.1. The number of rotatable bonds is 1. The summed E-state index contributed by atoms with van der Waals surface area (Å²) in [5.41, 5.74) is 2.19. The van der Waals surface area contributed by atoms with Crippen LogP contribution in [-0.4, -0.2) is 11.4 Å². The highest BCUT2D eigenvalue weighted by Crippen LogP contribution is 2.20. The summed E-state index contributed by atoms with van der Waals surface area (Å²) < 4.78 is 4.94. The Bertz CT molecular complexity index is 431. The van der Waals surface area contributed by atoms with Crippen molar-refractivity contribution in [1.82, 2.24) is 5.16 Å². The van der Waals surface area contributed by atoms with Gasteiger partial charge in [-0.25, -0.2) is 0 Å². The van der Waals surface area contributed by atoms with Crippen molar-refractivity contribution in [3.63, 3.8) is 0 Å². The smallest absolute Gasteiger partial charge is 0.177 e. The van der Waals surface area contributed by atoms with Crippen molar-refractivity contribution in [1.29, 1.82) is 0 Å². The van der Waals surface area contributed by atoms with Gasteiger partial charge in [-0.2, -0.15) is 0 Å². The zero-order chi connectivity index (χ0) is 8.55. The van der Waals surface area contributed by atoms with Crippen LogP contribution in [0.2, 0.25) is 0 Å². The second-order valence-electron chi connectivity index (χ2n) is 2.66. The summed E-state index contributed by atoms with van der Waals surface area (Å²) in [6, 6.07) is 3.61. The topological polar surface area (TPSA) is 43.1 Å². The lowest BCUT2D eigenvalue weighted by Gasteiger charge is -1.94. The molecule has 0 N–H and O–H groups in total. The van der Waals surface area contributed by atoms with Gasteiger partial charge in [0, 0.05) is 5.39 Å². The minimum atomic E-state index is 0.549. The van der Waals surface area contributed by atoms with Gasteiger partial charge in [0.05, 0.1) is 11.8 Å². The SMILES string of the molecule is Cc1ccc(C=O)c2oncc12. The third-order valence-electron chi connectivity index (χ3n) is 1.90. The van der Waals surface area contributed by atoms with E-state index in [-0.39, 0.29) is 0 Å². The molecule has 1 heterocycles. The molecule has 3 heteroatoms. The summed E-state index contributed by atoms with van der Waals surface area (Å²) in [6.45, 7) is 1.95. The monoisotopic (exact) mass is 161 g/mol. The number of hydrogen-bond donors (Lipinski definition) is 0. The Morgan fingerprint density at radius 2 is 2.33 bits per heavy atom. The molecule has 0 bridgehead atoms. The lowest BCUT2D eigenvalue weighted by Crippen LogP contribution is -1.81. The number of hydrogen-bond acceptors (Lipinski definition) is 3. The minimum Gasteiger partial charge on any atom is -0.356 e. The third kappa shape index (κ3) is 0.830. The van der Waals surface area contributed by atoms with Gasteiger partial charge in [-0.15, -0.1) is 0 Å². The van der Waals surface area contributed by atoms with Crippen molar-refractivity contribution in [3.8, 4) is 0 Å². The Labute approximate surface area is 69.0 Å². The Morgan fingerprint density at radius 1 is 1.50 bits per heavy atom. The number of fused-ring (bicyclic) bond motifs is 1. The van der Waals surface area contributed by atoms with E-state index < -0.39 is 0 Å². The Kier molecular flexibility index (Phi) is 1.43. The lowest BCUT2D eigenvalue weighted by molar-refractivity contribution is 0.112. The molecule has 1 aromatic heterocycles. The predicted octanol–water partition coefficient (Wildman–Crippen LogP) is 1.95. The second-order valence-corrected chi connectivity index (χ2v) is 2.66. The van der Waals surface area contributed by atoms with Crippen molar-refractivity contribution in [3.05, 3.63) is 29.5 Å². The van der Waals surface area contributed by atoms with E-state index >= 15 is 0 Å². The summed E-state index contributed by atoms with van der Waals surface area (Å²) in [5, 5.41) is 4.54. The highest BCUT2D eigenvalue weighted by Gasteiger charge is 2.06. The largest absolute Gasteiger partial charge is 0.356 e. The molecule has 12 heavy (non-hydrogen) atoms. The van der Waals surface area contributed by atoms with Gasteiger partial charge in [0.1, 0.15) is 0 Å². The molecule has 0 aliphatic heterocycles. The summed E-state index contributed by atoms with van der Waals surface area (Å²) in [6.07, 6.45) is 2.39. The third-order valence-corrected chi connectivity index (χ3v) is 1.90. The summed E-state index contributed by atoms with van der Waals surface area (Å²) in [4.78, 5) is 10.5. The van der Waals surface area contributed by atoms with Gasteiger partial charge in [0.25, 0.3) is 0 Å². The fraction of sp³-hybridized carbons (Fsp3) is 0.111. The number of aromatic nitrogens is 1. The zero-order valence-corrected chi connectivity index (χ0v) is 6.57. The number of aryl methyl sites for hydroxylation is 1. The van der Waals surface area contributed by atoms with Gasteiger partial charge in [-0.1, -0.05) is 11.2 Å². The number of aldehydes is 1. The van der Waals surface area contributed by atoms with Crippen LogP contribution in [0.15, 0.2) is 22.9 Å². The van der Waals surface area contributed by atoms with Crippen molar-refractivity contribution in [2.75, 3.05) is 0 Å². The molecule has 0 aliphatic carbocycles. The maximum Gasteiger partial charge on any atom is 0.177 e. The molecule has 0 amide bonds. The van der Waals surface area contributed by atoms with Gasteiger partial charge in [0.15, 0.2) is 11.9 Å². The highest BCUT2D eigenvalue weighted by molar-refractivity contribution is 5.95. The molecular formula is C9H7NO2. The molecule has 0 unspecified atom stereocenters. The molecule has 0 aliphatic rings. The fourth-order valence-electron chi connectivity index (χ4n) is 1.20. The first-order chi connectivity index (χ1) is 5.83. The van der Waals surface area contributed by atoms with E-state index in [1.54, 1.807) is 12.3 Å². The Morgan fingerprint density at radius 3 is 3.08 bits per heavy atom. The molecule has 2 rings (SSSR count). The first-order valence-corrected chi connectivity index (χ1v) is 3.62. The maximum absolute atomic E-state index is 10.5. The minimum absolute atomic E-state index is 0.549. The van der Waals surface area contributed by atoms with Crippen molar-refractivity contribution >= 4 is 17.3 Å². The Hall–Kier alpha value is -1.64. The van der Waals surface area contributed by atoms with E-state index in [4.69, 9.17) is 4.52 Å². The van der Waals surface area contributed by atoms with E-state index in [1.165, 1.54) is 0 Å². The molecule has 0 atom stereocenters. The summed E-state index contributed by atoms with van der Waals surface area (Å²) in [7, 11) is 0. The van der Waals surface area contributed by atoms with Crippen LogP contribution in [0.1, 0.15) is 15.9 Å². The molecule has 3 nitrogen and oxygen atoms in total. The van der Waals surface area contributed by atoms with Crippen LogP contribution in [0.5, 0.6) is 0 Å². The first-order valence-electron chi connectivity index (χ1n) is 3.62. The van der Waals surface area contributed by atoms with E-state index in [0.29, 0.717) is 11.1 Å². The Balaban J connectivity index is 2.91. The van der Waals surface area contributed by atoms with E-state index in [2.05, 4.69) is 5.16 Å². The first kappa shape index (κ1) is 7.03. The molecule has 0 radical (unpaired) electrons. The summed E-state index contributed by atoms with van der Waals surface area (Å²) in [5.74, 6) is 0. The molecule has 0 saturated heterocycles. The van der Waals surface area contributed by atoms with Crippen LogP contribution in [0.3, 0.4) is 0 Å². The quantitative estimate of drug-likeness (QED) is 0.600. The normalized spacial score (nSPS) is 10.4. The average molecular weight is 161 g/mol. The van der Waals surface area contributed by atoms with E-state index in [1.807, 2.05) is 13.0 Å². The number of carbonyl (C=O) groups excluding carboxylic acids is 1. The number of carbonyl (C=O) groups is 1. The van der Waals surface area contributed by atoms with Gasteiger partial charge in [-0.05, 0) is 18.6 Å².